The molecule has 8 nitrogen and oxygen atoms in total. The lowest BCUT2D eigenvalue weighted by atomic mass is 10.0. The van der Waals surface area contributed by atoms with Gasteiger partial charge in [0.05, 0.1) is 18.0 Å². The molecule has 1 aromatic heterocycles. The van der Waals surface area contributed by atoms with Crippen molar-refractivity contribution in [3.05, 3.63) is 65.6 Å². The van der Waals surface area contributed by atoms with Crippen LogP contribution in [-0.2, 0) is 16.1 Å². The number of amides is 2. The molecule has 2 atom stereocenters. The van der Waals surface area contributed by atoms with Gasteiger partial charge in [-0.2, -0.15) is 5.10 Å². The Morgan fingerprint density at radius 2 is 1.83 bits per heavy atom. The first-order valence-corrected chi connectivity index (χ1v) is 8.81. The van der Waals surface area contributed by atoms with E-state index in [-0.39, 0.29) is 11.5 Å². The fourth-order valence-electron chi connectivity index (χ4n) is 2.97. The molecular weight excluding hydrogens is 379 g/mol. The highest BCUT2D eigenvalue weighted by molar-refractivity contribution is 6.06. The molecule has 29 heavy (non-hydrogen) atoms. The first-order valence-electron chi connectivity index (χ1n) is 8.81. The summed E-state index contributed by atoms with van der Waals surface area (Å²) in [7, 11) is 0. The predicted molar refractivity (Wildman–Crippen MR) is 102 cm³/mol. The normalized spacial score (nSPS) is 13.0. The van der Waals surface area contributed by atoms with Crippen LogP contribution in [0.4, 0.5) is 4.39 Å². The van der Waals surface area contributed by atoms with Gasteiger partial charge in [0.15, 0.2) is 5.69 Å². The summed E-state index contributed by atoms with van der Waals surface area (Å²) in [5.41, 5.74) is 6.73. The summed E-state index contributed by atoms with van der Waals surface area (Å²) in [6.07, 6.45) is 0. The molecule has 0 saturated carbocycles. The molecule has 4 N–H and O–H groups in total. The van der Waals surface area contributed by atoms with E-state index in [4.69, 9.17) is 10.8 Å². The molecule has 0 bridgehead atoms. The van der Waals surface area contributed by atoms with Crippen molar-refractivity contribution in [2.75, 3.05) is 0 Å². The van der Waals surface area contributed by atoms with Gasteiger partial charge in [-0.3, -0.25) is 19.1 Å². The molecule has 1 heterocycles. The first kappa shape index (κ1) is 20.0. The Balaban J connectivity index is 1.94. The lowest BCUT2D eigenvalue weighted by Crippen LogP contribution is -2.50. The van der Waals surface area contributed by atoms with Crippen LogP contribution >= 0.6 is 0 Å². The predicted octanol–water partition coefficient (Wildman–Crippen LogP) is 1.53. The summed E-state index contributed by atoms with van der Waals surface area (Å²) in [5.74, 6) is -4.49. The molecule has 0 radical (unpaired) electrons. The zero-order chi connectivity index (χ0) is 21.1. The van der Waals surface area contributed by atoms with Crippen LogP contribution in [0, 0.1) is 11.7 Å². The van der Waals surface area contributed by atoms with Crippen LogP contribution in [0.3, 0.4) is 0 Å². The highest BCUT2D eigenvalue weighted by atomic mass is 19.1. The van der Waals surface area contributed by atoms with Crippen LogP contribution in [-0.4, -0.2) is 38.7 Å². The van der Waals surface area contributed by atoms with Gasteiger partial charge >= 0.3 is 5.97 Å². The Hall–Kier alpha value is -3.75. The van der Waals surface area contributed by atoms with Crippen LogP contribution in [0.2, 0.25) is 0 Å². The van der Waals surface area contributed by atoms with E-state index in [0.717, 1.165) is 5.56 Å². The van der Waals surface area contributed by atoms with Gasteiger partial charge in [0.2, 0.25) is 5.91 Å². The highest BCUT2D eigenvalue weighted by Gasteiger charge is 2.31. The van der Waals surface area contributed by atoms with Gasteiger partial charge in [0.25, 0.3) is 5.91 Å². The molecule has 0 spiro atoms. The molecule has 0 aliphatic rings. The number of carboxylic acid groups (broad SMARTS) is 1. The molecule has 1 unspecified atom stereocenters. The van der Waals surface area contributed by atoms with Crippen molar-refractivity contribution < 1.29 is 23.9 Å². The van der Waals surface area contributed by atoms with Gasteiger partial charge in [-0.05, 0) is 30.7 Å². The number of para-hydroxylation sites is 1. The maximum absolute atomic E-state index is 13.1. The number of hydrogen-bond acceptors (Lipinski definition) is 4. The average Bonchev–Trinajstić information content (AvgIpc) is 3.05. The summed E-state index contributed by atoms with van der Waals surface area (Å²) in [6.45, 7) is 1.57. The van der Waals surface area contributed by atoms with Crippen LogP contribution in [0.5, 0.6) is 0 Å². The Morgan fingerprint density at radius 3 is 2.45 bits per heavy atom. The molecule has 2 aromatic carbocycles. The average molecular weight is 398 g/mol. The number of nitrogens with one attached hydrogen (secondary N) is 1. The number of nitrogens with zero attached hydrogens (tertiary/aromatic N) is 2. The van der Waals surface area contributed by atoms with E-state index < -0.39 is 29.7 Å². The van der Waals surface area contributed by atoms with Gasteiger partial charge in [-0.15, -0.1) is 0 Å². The van der Waals surface area contributed by atoms with Crippen LogP contribution in [0.25, 0.3) is 10.9 Å². The lowest BCUT2D eigenvalue weighted by molar-refractivity contribution is -0.144. The summed E-state index contributed by atoms with van der Waals surface area (Å²) < 4.78 is 14.7. The fraction of sp³-hybridized carbons (Fsp3) is 0.200. The molecule has 2 amide bonds. The number of carbonyl (C=O) groups excluding carboxylic acids is 2. The van der Waals surface area contributed by atoms with E-state index >= 15 is 0 Å². The molecule has 3 aromatic rings. The minimum absolute atomic E-state index is 0.0338. The Labute approximate surface area is 165 Å². The van der Waals surface area contributed by atoms with Crippen molar-refractivity contribution in [3.63, 3.8) is 0 Å². The molecule has 0 aliphatic carbocycles. The summed E-state index contributed by atoms with van der Waals surface area (Å²) in [5, 5.41) is 16.4. The van der Waals surface area contributed by atoms with Crippen LogP contribution < -0.4 is 11.1 Å². The summed E-state index contributed by atoms with van der Waals surface area (Å²) in [6, 6.07) is 11.5. The number of benzene rings is 2. The standard InChI is InChI=1S/C20H19FN4O4/c1-11(20(28)29)16(18(22)26)23-19(27)17-14-4-2-3-5-15(14)25(24-17)10-12-6-8-13(21)9-7-12/h2-9,11,16H,10H2,1H3,(H2,22,26)(H,23,27)(H,28,29)/t11?,16-/m1/s1. The number of aliphatic carboxylic acids is 1. The zero-order valence-corrected chi connectivity index (χ0v) is 15.5. The van der Waals surface area contributed by atoms with Crippen molar-refractivity contribution in [2.24, 2.45) is 11.7 Å². The third kappa shape index (κ3) is 4.23. The van der Waals surface area contributed by atoms with E-state index in [1.165, 1.54) is 19.1 Å². The molecule has 0 aliphatic heterocycles. The molecule has 150 valence electrons. The van der Waals surface area contributed by atoms with E-state index in [0.29, 0.717) is 17.4 Å². The molecule has 9 heteroatoms. The molecule has 3 rings (SSSR count). The van der Waals surface area contributed by atoms with Gasteiger partial charge in [0.1, 0.15) is 11.9 Å². The minimum atomic E-state index is -1.39. The largest absolute Gasteiger partial charge is 0.481 e. The van der Waals surface area contributed by atoms with Crippen molar-refractivity contribution in [1.29, 1.82) is 0 Å². The SMILES string of the molecule is CC(C(=O)O)[C@@H](NC(=O)c1nn(Cc2ccc(F)cc2)c2ccccc12)C(N)=O. The van der Waals surface area contributed by atoms with Crippen molar-refractivity contribution >= 4 is 28.7 Å². The number of nitrogens with two attached hydrogens (primary N) is 1. The van der Waals surface area contributed by atoms with Gasteiger partial charge in [-0.1, -0.05) is 30.3 Å². The van der Waals surface area contributed by atoms with Gasteiger partial charge in [-0.25, -0.2) is 4.39 Å². The lowest BCUT2D eigenvalue weighted by Gasteiger charge is -2.18. The fourth-order valence-corrected chi connectivity index (χ4v) is 2.97. The second kappa shape index (κ2) is 8.09. The monoisotopic (exact) mass is 398 g/mol. The third-order valence-corrected chi connectivity index (χ3v) is 4.60. The maximum Gasteiger partial charge on any atom is 0.308 e. The van der Waals surface area contributed by atoms with Gasteiger partial charge < -0.3 is 16.2 Å². The second-order valence-corrected chi connectivity index (χ2v) is 6.63. The van der Waals surface area contributed by atoms with Crippen molar-refractivity contribution in [3.8, 4) is 0 Å². The third-order valence-electron chi connectivity index (χ3n) is 4.60. The summed E-state index contributed by atoms with van der Waals surface area (Å²) in [4.78, 5) is 35.6. The maximum atomic E-state index is 13.1. The Bertz CT molecular complexity index is 1080. The zero-order valence-electron chi connectivity index (χ0n) is 15.5. The number of carbonyl (C=O) groups is 3. The van der Waals surface area contributed by atoms with Crippen LogP contribution in [0.15, 0.2) is 48.5 Å². The quantitative estimate of drug-likeness (QED) is 0.556. The number of hydrogen-bond donors (Lipinski definition) is 3. The molecular formula is C20H19FN4O4. The van der Waals surface area contributed by atoms with Crippen LogP contribution in [0.1, 0.15) is 23.0 Å². The molecule has 0 saturated heterocycles. The number of aromatic nitrogens is 2. The van der Waals surface area contributed by atoms with Crippen molar-refractivity contribution in [1.82, 2.24) is 15.1 Å². The number of halogens is 1. The van der Waals surface area contributed by atoms with Gasteiger partial charge in [0, 0.05) is 5.39 Å². The van der Waals surface area contributed by atoms with E-state index in [1.807, 2.05) is 0 Å². The van der Waals surface area contributed by atoms with E-state index in [1.54, 1.807) is 41.1 Å². The highest BCUT2D eigenvalue weighted by Crippen LogP contribution is 2.20. The number of primary amides is 1. The number of rotatable bonds is 7. The number of fused-ring (bicyclic) bond motifs is 1. The smallest absolute Gasteiger partial charge is 0.308 e. The van der Waals surface area contributed by atoms with Crippen molar-refractivity contribution in [2.45, 2.75) is 19.5 Å². The summed E-state index contributed by atoms with van der Waals surface area (Å²) >= 11 is 0. The number of carboxylic acids is 1. The minimum Gasteiger partial charge on any atom is -0.481 e. The first-order chi connectivity index (χ1) is 13.8. The second-order valence-electron chi connectivity index (χ2n) is 6.63. The molecule has 0 fully saturated rings. The topological polar surface area (TPSA) is 127 Å². The Morgan fingerprint density at radius 1 is 1.17 bits per heavy atom. The van der Waals surface area contributed by atoms with E-state index in [2.05, 4.69) is 10.4 Å². The Kier molecular flexibility index (Phi) is 5.58. The van der Waals surface area contributed by atoms with E-state index in [9.17, 15) is 18.8 Å².